The predicted molar refractivity (Wildman–Crippen MR) is 78.1 cm³/mol. The molecule has 3 N–H and O–H groups in total. The Morgan fingerprint density at radius 2 is 2.00 bits per heavy atom. The number of likely N-dealkylation sites (N-methyl/N-ethyl adjacent to an activating group) is 1. The van der Waals surface area contributed by atoms with E-state index >= 15 is 0 Å². The highest BCUT2D eigenvalue weighted by Gasteiger charge is 2.27. The molecular formula is C13H26ClN3O2. The van der Waals surface area contributed by atoms with Gasteiger partial charge in [0.1, 0.15) is 0 Å². The lowest BCUT2D eigenvalue weighted by Crippen LogP contribution is -2.41. The lowest BCUT2D eigenvalue weighted by atomic mass is 9.99. The molecule has 5 nitrogen and oxygen atoms in total. The van der Waals surface area contributed by atoms with Crippen LogP contribution in [0.5, 0.6) is 0 Å². The Kier molecular flexibility index (Phi) is 8.02. The monoisotopic (exact) mass is 291 g/mol. The normalized spacial score (nSPS) is 21.9. The zero-order chi connectivity index (χ0) is 13.7. The second-order valence-corrected chi connectivity index (χ2v) is 5.53. The van der Waals surface area contributed by atoms with Crippen LogP contribution in [0.2, 0.25) is 0 Å². The highest BCUT2D eigenvalue weighted by Crippen LogP contribution is 2.27. The van der Waals surface area contributed by atoms with Gasteiger partial charge in [0.25, 0.3) is 0 Å². The quantitative estimate of drug-likeness (QED) is 0.790. The molecule has 1 aliphatic rings. The minimum Gasteiger partial charge on any atom is -0.352 e. The number of halogens is 1. The van der Waals surface area contributed by atoms with E-state index in [1.165, 1.54) is 4.90 Å². The molecule has 0 heterocycles. The van der Waals surface area contributed by atoms with E-state index in [1.54, 1.807) is 7.05 Å². The van der Waals surface area contributed by atoms with Crippen molar-refractivity contribution < 1.29 is 9.59 Å². The van der Waals surface area contributed by atoms with Crippen molar-refractivity contribution >= 4 is 24.2 Å². The van der Waals surface area contributed by atoms with Crippen LogP contribution in [0.3, 0.4) is 0 Å². The van der Waals surface area contributed by atoms with Crippen molar-refractivity contribution in [2.45, 2.75) is 51.6 Å². The van der Waals surface area contributed by atoms with Crippen molar-refractivity contribution in [1.82, 2.24) is 10.2 Å². The SMILES string of the molecule is CC(C)NC(=O)CN(C)C(=O)C[C@@H]1CCC[C@H]1N.Cl. The van der Waals surface area contributed by atoms with Crippen molar-refractivity contribution in [3.05, 3.63) is 0 Å². The summed E-state index contributed by atoms with van der Waals surface area (Å²) in [5.74, 6) is 0.181. The van der Waals surface area contributed by atoms with E-state index in [2.05, 4.69) is 5.32 Å². The van der Waals surface area contributed by atoms with Gasteiger partial charge in [0.05, 0.1) is 6.54 Å². The lowest BCUT2D eigenvalue weighted by Gasteiger charge is -2.21. The van der Waals surface area contributed by atoms with Gasteiger partial charge in [-0.1, -0.05) is 6.42 Å². The van der Waals surface area contributed by atoms with Crippen molar-refractivity contribution in [3.8, 4) is 0 Å². The third kappa shape index (κ3) is 6.25. The molecule has 0 bridgehead atoms. The molecule has 0 saturated heterocycles. The van der Waals surface area contributed by atoms with E-state index in [0.29, 0.717) is 6.42 Å². The van der Waals surface area contributed by atoms with Gasteiger partial charge < -0.3 is 16.0 Å². The van der Waals surface area contributed by atoms with Crippen LogP contribution >= 0.6 is 12.4 Å². The van der Waals surface area contributed by atoms with E-state index in [1.807, 2.05) is 13.8 Å². The first-order valence-electron chi connectivity index (χ1n) is 6.69. The fourth-order valence-corrected chi connectivity index (χ4v) is 2.37. The number of carbonyl (C=O) groups is 2. The topological polar surface area (TPSA) is 75.4 Å². The van der Waals surface area contributed by atoms with Crippen LogP contribution < -0.4 is 11.1 Å². The largest absolute Gasteiger partial charge is 0.352 e. The summed E-state index contributed by atoms with van der Waals surface area (Å²) in [6.07, 6.45) is 3.61. The summed E-state index contributed by atoms with van der Waals surface area (Å²) in [5, 5.41) is 2.77. The summed E-state index contributed by atoms with van der Waals surface area (Å²) in [5.41, 5.74) is 5.94. The summed E-state index contributed by atoms with van der Waals surface area (Å²) in [4.78, 5) is 25.0. The first-order chi connectivity index (χ1) is 8.40. The molecule has 6 heteroatoms. The van der Waals surface area contributed by atoms with E-state index in [-0.39, 0.29) is 48.8 Å². The minimum absolute atomic E-state index is 0. The molecule has 1 rings (SSSR count). The lowest BCUT2D eigenvalue weighted by molar-refractivity contribution is -0.135. The Balaban J connectivity index is 0.00000324. The number of hydrogen-bond donors (Lipinski definition) is 2. The maximum Gasteiger partial charge on any atom is 0.239 e. The maximum atomic E-state index is 12.0. The van der Waals surface area contributed by atoms with Gasteiger partial charge in [0.15, 0.2) is 0 Å². The number of hydrogen-bond acceptors (Lipinski definition) is 3. The predicted octanol–water partition coefficient (Wildman–Crippen LogP) is 0.909. The molecule has 0 spiro atoms. The molecule has 1 aliphatic carbocycles. The average molecular weight is 292 g/mol. The molecule has 2 atom stereocenters. The molecule has 0 unspecified atom stereocenters. The molecule has 0 radical (unpaired) electrons. The molecule has 112 valence electrons. The van der Waals surface area contributed by atoms with Gasteiger partial charge in [-0.3, -0.25) is 9.59 Å². The molecule has 0 aromatic rings. The van der Waals surface area contributed by atoms with E-state index in [4.69, 9.17) is 5.73 Å². The van der Waals surface area contributed by atoms with Crippen LogP contribution in [0, 0.1) is 5.92 Å². The van der Waals surface area contributed by atoms with Gasteiger partial charge in [-0.2, -0.15) is 0 Å². The number of carbonyl (C=O) groups excluding carboxylic acids is 2. The van der Waals surface area contributed by atoms with Crippen LogP contribution in [0.25, 0.3) is 0 Å². The summed E-state index contributed by atoms with van der Waals surface area (Å²) < 4.78 is 0. The zero-order valence-electron chi connectivity index (χ0n) is 12.0. The van der Waals surface area contributed by atoms with Crippen molar-refractivity contribution in [2.24, 2.45) is 11.7 Å². The smallest absolute Gasteiger partial charge is 0.239 e. The summed E-state index contributed by atoms with van der Waals surface area (Å²) >= 11 is 0. The Labute approximate surface area is 121 Å². The van der Waals surface area contributed by atoms with Gasteiger partial charge in [-0.05, 0) is 32.6 Å². The van der Waals surface area contributed by atoms with E-state index in [9.17, 15) is 9.59 Å². The van der Waals surface area contributed by atoms with E-state index < -0.39 is 0 Å². The number of rotatable bonds is 5. The van der Waals surface area contributed by atoms with Gasteiger partial charge in [0.2, 0.25) is 11.8 Å². The molecule has 1 saturated carbocycles. The third-order valence-electron chi connectivity index (χ3n) is 3.41. The molecule has 2 amide bonds. The zero-order valence-corrected chi connectivity index (χ0v) is 12.8. The Bertz CT molecular complexity index is 310. The molecule has 1 fully saturated rings. The Morgan fingerprint density at radius 3 is 2.47 bits per heavy atom. The molecule has 0 aromatic heterocycles. The average Bonchev–Trinajstić information content (AvgIpc) is 2.62. The molecule has 0 aliphatic heterocycles. The Morgan fingerprint density at radius 1 is 1.37 bits per heavy atom. The van der Waals surface area contributed by atoms with Crippen LogP contribution in [0.4, 0.5) is 0 Å². The van der Waals surface area contributed by atoms with Crippen molar-refractivity contribution in [2.75, 3.05) is 13.6 Å². The molecular weight excluding hydrogens is 266 g/mol. The van der Waals surface area contributed by atoms with Gasteiger partial charge >= 0.3 is 0 Å². The first kappa shape index (κ1) is 18.2. The molecule has 19 heavy (non-hydrogen) atoms. The summed E-state index contributed by atoms with van der Waals surface area (Å²) in [6.45, 7) is 3.92. The first-order valence-corrected chi connectivity index (χ1v) is 6.69. The third-order valence-corrected chi connectivity index (χ3v) is 3.41. The van der Waals surface area contributed by atoms with E-state index in [0.717, 1.165) is 19.3 Å². The van der Waals surface area contributed by atoms with Crippen LogP contribution in [0.15, 0.2) is 0 Å². The number of nitrogens with two attached hydrogens (primary N) is 1. The highest BCUT2D eigenvalue weighted by atomic mass is 35.5. The van der Waals surface area contributed by atoms with Crippen LogP contribution in [-0.2, 0) is 9.59 Å². The molecule has 0 aromatic carbocycles. The van der Waals surface area contributed by atoms with Gasteiger partial charge in [-0.15, -0.1) is 12.4 Å². The fourth-order valence-electron chi connectivity index (χ4n) is 2.37. The summed E-state index contributed by atoms with van der Waals surface area (Å²) in [6, 6.07) is 0.246. The number of nitrogens with one attached hydrogen (secondary N) is 1. The number of nitrogens with zero attached hydrogens (tertiary/aromatic N) is 1. The second kappa shape index (κ2) is 8.38. The maximum absolute atomic E-state index is 12.0. The van der Waals surface area contributed by atoms with Crippen LogP contribution in [0.1, 0.15) is 39.5 Å². The standard InChI is InChI=1S/C13H25N3O2.ClH/c1-9(2)15-12(17)8-16(3)13(18)7-10-5-4-6-11(10)14;/h9-11H,4-8,14H2,1-3H3,(H,15,17);1H/t10-,11+;/m0./s1. The van der Waals surface area contributed by atoms with Crippen molar-refractivity contribution in [1.29, 1.82) is 0 Å². The van der Waals surface area contributed by atoms with Gasteiger partial charge in [0, 0.05) is 25.6 Å². The highest BCUT2D eigenvalue weighted by molar-refractivity contribution is 5.85. The number of amides is 2. The Hall–Kier alpha value is -0.810. The summed E-state index contributed by atoms with van der Waals surface area (Å²) in [7, 11) is 1.67. The van der Waals surface area contributed by atoms with Gasteiger partial charge in [-0.25, -0.2) is 0 Å². The van der Waals surface area contributed by atoms with Crippen molar-refractivity contribution in [3.63, 3.8) is 0 Å². The minimum atomic E-state index is -0.114. The van der Waals surface area contributed by atoms with Crippen LogP contribution in [-0.4, -0.2) is 42.4 Å². The fraction of sp³-hybridized carbons (Fsp3) is 0.846. The second-order valence-electron chi connectivity index (χ2n) is 5.53.